The van der Waals surface area contributed by atoms with E-state index in [1.54, 1.807) is 18.2 Å². The number of nitrogens with zero attached hydrogens (tertiary/aromatic N) is 3. The summed E-state index contributed by atoms with van der Waals surface area (Å²) in [6.45, 7) is 2.20. The van der Waals surface area contributed by atoms with Gasteiger partial charge in [-0.2, -0.15) is 0 Å². The number of hydrogen-bond acceptors (Lipinski definition) is 6. The lowest BCUT2D eigenvalue weighted by Gasteiger charge is -2.35. The van der Waals surface area contributed by atoms with Gasteiger partial charge in [-0.1, -0.05) is 49.6 Å². The smallest absolute Gasteiger partial charge is 0.270 e. The minimum Gasteiger partial charge on any atom is -0.457 e. The summed E-state index contributed by atoms with van der Waals surface area (Å²) in [5, 5.41) is 12.2. The van der Waals surface area contributed by atoms with Gasteiger partial charge in [-0.3, -0.25) is 19.8 Å². The maximum absolute atomic E-state index is 13.6. The molecule has 3 aromatic rings. The molecule has 184 valence electrons. The van der Waals surface area contributed by atoms with Crippen molar-refractivity contribution in [2.75, 3.05) is 0 Å². The number of nitro groups is 1. The van der Waals surface area contributed by atoms with E-state index in [0.29, 0.717) is 38.1 Å². The fourth-order valence-electron chi connectivity index (χ4n) is 4.67. The molecule has 0 spiro atoms. The lowest BCUT2D eigenvalue weighted by molar-refractivity contribution is -0.384. The minimum absolute atomic E-state index is 0.0776. The number of rotatable bonds is 5. The molecule has 1 aliphatic carbocycles. The molecule has 1 saturated heterocycles. The third-order valence-corrected chi connectivity index (χ3v) is 7.85. The normalized spacial score (nSPS) is 22.5. The number of para-hydroxylation sites is 1. The van der Waals surface area contributed by atoms with Crippen molar-refractivity contribution in [1.82, 2.24) is 4.90 Å². The van der Waals surface area contributed by atoms with Crippen molar-refractivity contribution in [1.29, 1.82) is 0 Å². The Kier molecular flexibility index (Phi) is 6.98. The van der Waals surface area contributed by atoms with Crippen LogP contribution in [0.4, 0.5) is 11.4 Å². The maximum atomic E-state index is 13.6. The van der Waals surface area contributed by atoms with Crippen molar-refractivity contribution >= 4 is 51.9 Å². The van der Waals surface area contributed by atoms with Gasteiger partial charge in [0.05, 0.1) is 20.5 Å². The summed E-state index contributed by atoms with van der Waals surface area (Å²) in [7, 11) is 0. The monoisotopic (exact) mass is 521 g/mol. The predicted molar refractivity (Wildman–Crippen MR) is 143 cm³/mol. The van der Waals surface area contributed by atoms with Crippen molar-refractivity contribution in [2.24, 2.45) is 10.9 Å². The van der Waals surface area contributed by atoms with Crippen LogP contribution in [-0.4, -0.2) is 26.9 Å². The summed E-state index contributed by atoms with van der Waals surface area (Å²) >= 11 is 7.61. The fourth-order valence-corrected chi connectivity index (χ4v) is 5.91. The topological polar surface area (TPSA) is 89.0 Å². The second-order valence-corrected chi connectivity index (χ2v) is 10.4. The highest BCUT2D eigenvalue weighted by atomic mass is 35.5. The molecule has 9 heteroatoms. The Morgan fingerprint density at radius 1 is 1.14 bits per heavy atom. The van der Waals surface area contributed by atoms with E-state index in [9.17, 15) is 14.9 Å². The van der Waals surface area contributed by atoms with Crippen LogP contribution < -0.4 is 0 Å². The molecule has 2 fully saturated rings. The van der Waals surface area contributed by atoms with Crippen LogP contribution in [0.2, 0.25) is 5.02 Å². The first-order valence-electron chi connectivity index (χ1n) is 11.8. The summed E-state index contributed by atoms with van der Waals surface area (Å²) in [5.74, 6) is 1.15. The molecule has 0 N–H and O–H groups in total. The zero-order valence-electron chi connectivity index (χ0n) is 19.6. The number of amidine groups is 1. The van der Waals surface area contributed by atoms with Crippen LogP contribution in [0.1, 0.15) is 38.4 Å². The molecule has 0 bridgehead atoms. The van der Waals surface area contributed by atoms with E-state index >= 15 is 0 Å². The van der Waals surface area contributed by atoms with Crippen molar-refractivity contribution in [3.63, 3.8) is 0 Å². The summed E-state index contributed by atoms with van der Waals surface area (Å²) in [5.41, 5.74) is 1.14. The Morgan fingerprint density at radius 2 is 1.92 bits per heavy atom. The average Bonchev–Trinajstić information content (AvgIpc) is 3.45. The first-order valence-corrected chi connectivity index (χ1v) is 13.0. The summed E-state index contributed by atoms with van der Waals surface area (Å²) in [6, 6.07) is 17.4. The molecular formula is C27H24ClN3O4S. The van der Waals surface area contributed by atoms with Gasteiger partial charge in [-0.15, -0.1) is 0 Å². The highest BCUT2D eigenvalue weighted by Crippen LogP contribution is 2.41. The zero-order valence-corrected chi connectivity index (χ0v) is 21.2. The number of halogens is 1. The molecule has 0 radical (unpaired) electrons. The number of hydrogen-bond donors (Lipinski definition) is 0. The standard InChI is InChI=1S/C27H24ClN3O4S/c1-17-7-5-6-10-23(17)30-26(32)25(36-27(30)29-18-8-3-2-4-9-18)16-20-12-14-24(35-20)21-15-19(31(33)34)11-13-22(21)28/h2-4,8-9,11-17,23H,5-7,10H2,1H3/b25-16-,29-27?/t17-,23-/m1/s1. The zero-order chi connectivity index (χ0) is 25.2. The number of amides is 1. The van der Waals surface area contributed by atoms with Gasteiger partial charge in [0.2, 0.25) is 0 Å². The third-order valence-electron chi connectivity index (χ3n) is 6.54. The Balaban J connectivity index is 1.48. The molecule has 2 aliphatic rings. The minimum atomic E-state index is -0.478. The van der Waals surface area contributed by atoms with Gasteiger partial charge >= 0.3 is 0 Å². The fraction of sp³-hybridized carbons (Fsp3) is 0.259. The second-order valence-electron chi connectivity index (χ2n) is 8.97. The van der Waals surface area contributed by atoms with Crippen LogP contribution in [0.25, 0.3) is 17.4 Å². The van der Waals surface area contributed by atoms with E-state index in [2.05, 4.69) is 6.92 Å². The molecular weight excluding hydrogens is 498 g/mol. The van der Waals surface area contributed by atoms with Gasteiger partial charge in [-0.05, 0) is 60.9 Å². The molecule has 2 aromatic carbocycles. The van der Waals surface area contributed by atoms with Crippen LogP contribution in [0, 0.1) is 16.0 Å². The number of furan rings is 1. The van der Waals surface area contributed by atoms with Crippen molar-refractivity contribution < 1.29 is 14.1 Å². The van der Waals surface area contributed by atoms with Crippen LogP contribution in [0.3, 0.4) is 0 Å². The molecule has 7 nitrogen and oxygen atoms in total. The number of aliphatic imine (C=N–C) groups is 1. The Morgan fingerprint density at radius 3 is 2.67 bits per heavy atom. The number of carbonyl (C=O) groups excluding carboxylic acids is 1. The molecule has 1 amide bonds. The number of nitro benzene ring substituents is 1. The first kappa shape index (κ1) is 24.3. The van der Waals surface area contributed by atoms with E-state index in [0.717, 1.165) is 24.9 Å². The van der Waals surface area contributed by atoms with Crippen molar-refractivity contribution in [2.45, 2.75) is 38.6 Å². The maximum Gasteiger partial charge on any atom is 0.270 e. The molecule has 1 saturated carbocycles. The summed E-state index contributed by atoms with van der Waals surface area (Å²) < 4.78 is 5.94. The van der Waals surface area contributed by atoms with E-state index in [4.69, 9.17) is 21.0 Å². The van der Waals surface area contributed by atoms with Crippen LogP contribution in [0.15, 0.2) is 75.0 Å². The molecule has 1 aromatic heterocycles. The van der Waals surface area contributed by atoms with Gasteiger partial charge in [-0.25, -0.2) is 4.99 Å². The van der Waals surface area contributed by atoms with Gasteiger partial charge in [0.25, 0.3) is 11.6 Å². The van der Waals surface area contributed by atoms with E-state index in [-0.39, 0.29) is 17.6 Å². The predicted octanol–water partition coefficient (Wildman–Crippen LogP) is 7.69. The van der Waals surface area contributed by atoms with Crippen molar-refractivity contribution in [3.05, 3.63) is 86.5 Å². The highest BCUT2D eigenvalue weighted by Gasteiger charge is 2.41. The Bertz CT molecular complexity index is 1370. The lowest BCUT2D eigenvalue weighted by Crippen LogP contribution is -2.44. The lowest BCUT2D eigenvalue weighted by atomic mass is 9.85. The van der Waals surface area contributed by atoms with Gasteiger partial charge < -0.3 is 4.42 Å². The number of carbonyl (C=O) groups is 1. The third kappa shape index (κ3) is 4.96. The largest absolute Gasteiger partial charge is 0.457 e. The SMILES string of the molecule is C[C@@H]1CCCC[C@H]1N1C(=O)/C(=C/c2ccc(-c3cc([N+](=O)[O-])ccc3Cl)o2)SC1=Nc1ccccc1. The van der Waals surface area contributed by atoms with E-state index < -0.39 is 4.92 Å². The van der Waals surface area contributed by atoms with Crippen LogP contribution >= 0.6 is 23.4 Å². The first-order chi connectivity index (χ1) is 17.4. The molecule has 1 aliphatic heterocycles. The molecule has 0 unspecified atom stereocenters. The second kappa shape index (κ2) is 10.3. The molecule has 2 heterocycles. The molecule has 5 rings (SSSR count). The summed E-state index contributed by atoms with van der Waals surface area (Å²) in [4.78, 5) is 31.5. The number of benzene rings is 2. The van der Waals surface area contributed by atoms with Gasteiger partial charge in [0.1, 0.15) is 11.5 Å². The van der Waals surface area contributed by atoms with E-state index in [1.807, 2.05) is 35.2 Å². The summed E-state index contributed by atoms with van der Waals surface area (Å²) in [6.07, 6.45) is 6.01. The van der Waals surface area contributed by atoms with Crippen LogP contribution in [0.5, 0.6) is 0 Å². The molecule has 2 atom stereocenters. The highest BCUT2D eigenvalue weighted by molar-refractivity contribution is 8.18. The number of non-ortho nitro benzene ring substituents is 1. The van der Waals surface area contributed by atoms with Gasteiger partial charge in [0, 0.05) is 29.8 Å². The Hall–Kier alpha value is -3.36. The van der Waals surface area contributed by atoms with Crippen LogP contribution in [-0.2, 0) is 4.79 Å². The quantitative estimate of drug-likeness (QED) is 0.195. The molecule has 36 heavy (non-hydrogen) atoms. The van der Waals surface area contributed by atoms with Gasteiger partial charge in [0.15, 0.2) is 5.17 Å². The van der Waals surface area contributed by atoms with Crippen molar-refractivity contribution in [3.8, 4) is 11.3 Å². The Labute approximate surface area is 218 Å². The van der Waals surface area contributed by atoms with E-state index in [1.165, 1.54) is 36.4 Å². The number of thioether (sulfide) groups is 1. The average molecular weight is 522 g/mol.